The fraction of sp³-hybridized carbons (Fsp3) is 1.00. The molecule has 2 aliphatic heterocycles. The zero-order chi connectivity index (χ0) is 11.4. The van der Waals surface area contributed by atoms with Crippen molar-refractivity contribution >= 4 is 0 Å². The first kappa shape index (κ1) is 12.9. The van der Waals surface area contributed by atoms with Gasteiger partial charge in [0.15, 0.2) is 0 Å². The Balaban J connectivity index is 0.000000531. The molecular formula is C12H26N2O. The molecule has 3 heteroatoms. The fourth-order valence-corrected chi connectivity index (χ4v) is 2.31. The standard InChI is InChI=1S/C10H20N2O.C2H6/c1-8(2)12-6-9-10(7-12)13-5-4-11(9)3;1-2/h8-10H,4-7H2,1-3H3;1-2H3. The van der Waals surface area contributed by atoms with Crippen LogP contribution in [0.1, 0.15) is 27.7 Å². The topological polar surface area (TPSA) is 15.7 Å². The van der Waals surface area contributed by atoms with Crippen LogP contribution in [0.15, 0.2) is 0 Å². The van der Waals surface area contributed by atoms with Crippen LogP contribution < -0.4 is 0 Å². The van der Waals surface area contributed by atoms with Crippen molar-refractivity contribution in [3.05, 3.63) is 0 Å². The van der Waals surface area contributed by atoms with Gasteiger partial charge in [-0.3, -0.25) is 9.80 Å². The van der Waals surface area contributed by atoms with E-state index in [-0.39, 0.29) is 0 Å². The second-order valence-corrected chi connectivity index (χ2v) is 4.50. The molecule has 0 N–H and O–H groups in total. The van der Waals surface area contributed by atoms with Gasteiger partial charge in [-0.25, -0.2) is 0 Å². The summed E-state index contributed by atoms with van der Waals surface area (Å²) in [5, 5.41) is 0. The minimum absolute atomic E-state index is 0.459. The summed E-state index contributed by atoms with van der Waals surface area (Å²) >= 11 is 0. The number of hydrogen-bond donors (Lipinski definition) is 0. The monoisotopic (exact) mass is 214 g/mol. The summed E-state index contributed by atoms with van der Waals surface area (Å²) in [5.41, 5.74) is 0. The minimum Gasteiger partial charge on any atom is -0.374 e. The molecular weight excluding hydrogens is 188 g/mol. The van der Waals surface area contributed by atoms with Crippen molar-refractivity contribution in [1.29, 1.82) is 0 Å². The molecule has 0 bridgehead atoms. The molecule has 2 saturated heterocycles. The molecule has 2 fully saturated rings. The number of hydrogen-bond acceptors (Lipinski definition) is 3. The summed E-state index contributed by atoms with van der Waals surface area (Å²) in [6, 6.07) is 1.29. The van der Waals surface area contributed by atoms with E-state index in [0.29, 0.717) is 18.2 Å². The Labute approximate surface area is 94.4 Å². The van der Waals surface area contributed by atoms with E-state index in [1.807, 2.05) is 13.8 Å². The van der Waals surface area contributed by atoms with Crippen LogP contribution in [0.2, 0.25) is 0 Å². The predicted octanol–water partition coefficient (Wildman–Crippen LogP) is 1.44. The highest BCUT2D eigenvalue weighted by Crippen LogP contribution is 2.22. The number of nitrogens with zero attached hydrogens (tertiary/aromatic N) is 2. The number of rotatable bonds is 1. The van der Waals surface area contributed by atoms with Crippen LogP contribution in [-0.2, 0) is 4.74 Å². The van der Waals surface area contributed by atoms with E-state index in [9.17, 15) is 0 Å². The highest BCUT2D eigenvalue weighted by atomic mass is 16.5. The lowest BCUT2D eigenvalue weighted by Gasteiger charge is -2.33. The molecule has 15 heavy (non-hydrogen) atoms. The van der Waals surface area contributed by atoms with Crippen LogP contribution in [0, 0.1) is 0 Å². The average molecular weight is 214 g/mol. The molecule has 2 rings (SSSR count). The van der Waals surface area contributed by atoms with Gasteiger partial charge in [0, 0.05) is 31.7 Å². The number of ether oxygens (including phenoxy) is 1. The molecule has 0 aromatic carbocycles. The number of likely N-dealkylation sites (N-methyl/N-ethyl adjacent to an activating group) is 1. The molecule has 0 amide bonds. The van der Waals surface area contributed by atoms with Gasteiger partial charge in [0.05, 0.1) is 12.7 Å². The Hall–Kier alpha value is -0.120. The normalized spacial score (nSPS) is 32.4. The van der Waals surface area contributed by atoms with E-state index in [2.05, 4.69) is 30.7 Å². The summed E-state index contributed by atoms with van der Waals surface area (Å²) in [6.07, 6.45) is 0.459. The van der Waals surface area contributed by atoms with Gasteiger partial charge in [0.1, 0.15) is 0 Å². The van der Waals surface area contributed by atoms with Gasteiger partial charge in [-0.05, 0) is 20.9 Å². The van der Waals surface area contributed by atoms with Gasteiger partial charge >= 0.3 is 0 Å². The maximum absolute atomic E-state index is 5.77. The maximum atomic E-state index is 5.77. The van der Waals surface area contributed by atoms with Gasteiger partial charge in [-0.2, -0.15) is 0 Å². The summed E-state index contributed by atoms with van der Waals surface area (Å²) in [5.74, 6) is 0. The van der Waals surface area contributed by atoms with E-state index < -0.39 is 0 Å². The van der Waals surface area contributed by atoms with Crippen molar-refractivity contribution in [2.45, 2.75) is 45.9 Å². The molecule has 0 radical (unpaired) electrons. The quantitative estimate of drug-likeness (QED) is 0.657. The molecule has 2 atom stereocenters. The SMILES string of the molecule is CC.CC(C)N1CC2OCCN(C)C2C1. The predicted molar refractivity (Wildman–Crippen MR) is 64.2 cm³/mol. The van der Waals surface area contributed by atoms with Crippen molar-refractivity contribution in [2.24, 2.45) is 0 Å². The summed E-state index contributed by atoms with van der Waals surface area (Å²) in [6.45, 7) is 12.8. The zero-order valence-corrected chi connectivity index (χ0v) is 10.9. The summed E-state index contributed by atoms with van der Waals surface area (Å²) in [4.78, 5) is 4.95. The van der Waals surface area contributed by atoms with Crippen molar-refractivity contribution in [3.8, 4) is 0 Å². The zero-order valence-electron chi connectivity index (χ0n) is 10.9. The van der Waals surface area contributed by atoms with Gasteiger partial charge in [0.2, 0.25) is 0 Å². The molecule has 0 aromatic rings. The van der Waals surface area contributed by atoms with E-state index in [1.54, 1.807) is 0 Å². The third-order valence-corrected chi connectivity index (χ3v) is 3.34. The second-order valence-electron chi connectivity index (χ2n) is 4.50. The molecule has 3 nitrogen and oxygen atoms in total. The third kappa shape index (κ3) is 2.92. The lowest BCUT2D eigenvalue weighted by molar-refractivity contribution is -0.0371. The Morgan fingerprint density at radius 1 is 1.20 bits per heavy atom. The lowest BCUT2D eigenvalue weighted by Crippen LogP contribution is -2.48. The van der Waals surface area contributed by atoms with E-state index >= 15 is 0 Å². The highest BCUT2D eigenvalue weighted by molar-refractivity contribution is 4.94. The Bertz CT molecular complexity index is 184. The van der Waals surface area contributed by atoms with Crippen molar-refractivity contribution in [2.75, 3.05) is 33.3 Å². The molecule has 2 heterocycles. The van der Waals surface area contributed by atoms with Crippen LogP contribution in [0.25, 0.3) is 0 Å². The second kappa shape index (κ2) is 5.83. The molecule has 0 aliphatic carbocycles. The number of morpholine rings is 1. The highest BCUT2D eigenvalue weighted by Gasteiger charge is 2.38. The molecule has 0 aromatic heterocycles. The first-order chi connectivity index (χ1) is 7.18. The Morgan fingerprint density at radius 2 is 1.87 bits per heavy atom. The Kier molecular flexibility index (Phi) is 5.03. The largest absolute Gasteiger partial charge is 0.374 e. The van der Waals surface area contributed by atoms with E-state index in [0.717, 1.165) is 19.7 Å². The molecule has 2 unspecified atom stereocenters. The summed E-state index contributed by atoms with van der Waals surface area (Å²) < 4.78 is 5.77. The molecule has 0 saturated carbocycles. The molecule has 2 aliphatic rings. The Morgan fingerprint density at radius 3 is 2.40 bits per heavy atom. The van der Waals surface area contributed by atoms with Crippen LogP contribution in [0.3, 0.4) is 0 Å². The first-order valence-corrected chi connectivity index (χ1v) is 6.24. The van der Waals surface area contributed by atoms with Gasteiger partial charge in [-0.1, -0.05) is 13.8 Å². The van der Waals surface area contributed by atoms with Gasteiger partial charge in [0.25, 0.3) is 0 Å². The maximum Gasteiger partial charge on any atom is 0.0869 e. The lowest BCUT2D eigenvalue weighted by atomic mass is 10.1. The average Bonchev–Trinajstić information content (AvgIpc) is 2.66. The third-order valence-electron chi connectivity index (χ3n) is 3.34. The number of likely N-dealkylation sites (tertiary alicyclic amines) is 1. The molecule has 0 spiro atoms. The first-order valence-electron chi connectivity index (χ1n) is 6.24. The van der Waals surface area contributed by atoms with Crippen LogP contribution in [0.5, 0.6) is 0 Å². The smallest absolute Gasteiger partial charge is 0.0869 e. The van der Waals surface area contributed by atoms with Gasteiger partial charge in [-0.15, -0.1) is 0 Å². The van der Waals surface area contributed by atoms with Crippen LogP contribution in [0.4, 0.5) is 0 Å². The number of fused-ring (bicyclic) bond motifs is 1. The van der Waals surface area contributed by atoms with Crippen LogP contribution in [-0.4, -0.2) is 61.3 Å². The van der Waals surface area contributed by atoms with Crippen LogP contribution >= 0.6 is 0 Å². The minimum atomic E-state index is 0.459. The van der Waals surface area contributed by atoms with Gasteiger partial charge < -0.3 is 4.74 Å². The van der Waals surface area contributed by atoms with E-state index in [1.165, 1.54) is 6.54 Å². The molecule has 90 valence electrons. The van der Waals surface area contributed by atoms with E-state index in [4.69, 9.17) is 4.74 Å². The van der Waals surface area contributed by atoms with Crippen molar-refractivity contribution in [1.82, 2.24) is 9.80 Å². The summed E-state index contributed by atoms with van der Waals surface area (Å²) in [7, 11) is 2.21. The van der Waals surface area contributed by atoms with Crippen molar-refractivity contribution < 1.29 is 4.74 Å². The van der Waals surface area contributed by atoms with Crippen molar-refractivity contribution in [3.63, 3.8) is 0 Å². The fourth-order valence-electron chi connectivity index (χ4n) is 2.31.